The molecule has 0 unspecified atom stereocenters. The van der Waals surface area contributed by atoms with Gasteiger partial charge < -0.3 is 29.8 Å². The van der Waals surface area contributed by atoms with Crippen LogP contribution in [0.25, 0.3) is 22.3 Å². The predicted octanol–water partition coefficient (Wildman–Crippen LogP) is 6.94. The molecule has 2 aromatic heterocycles. The van der Waals surface area contributed by atoms with Crippen LogP contribution >= 0.6 is 0 Å². The Bertz CT molecular complexity index is 1520. The first kappa shape index (κ1) is 32.9. The number of rotatable bonds is 13. The Morgan fingerprint density at radius 2 is 1.73 bits per heavy atom. The summed E-state index contributed by atoms with van der Waals surface area (Å²) in [4.78, 5) is 34.6. The van der Waals surface area contributed by atoms with Crippen molar-refractivity contribution in [1.29, 1.82) is 0 Å². The van der Waals surface area contributed by atoms with Crippen molar-refractivity contribution in [3.63, 3.8) is 0 Å². The number of hydrogen-bond acceptors (Lipinski definition) is 6. The quantitative estimate of drug-likeness (QED) is 0.137. The molecule has 45 heavy (non-hydrogen) atoms. The second kappa shape index (κ2) is 13.9. The first-order chi connectivity index (χ1) is 21.4. The molecule has 3 N–H and O–H groups in total. The fourth-order valence-corrected chi connectivity index (χ4v) is 6.74. The van der Waals surface area contributed by atoms with Crippen molar-refractivity contribution in [2.75, 3.05) is 13.2 Å². The Hall–Kier alpha value is -3.44. The molecular weight excluding hydrogens is 586 g/mol. The lowest BCUT2D eigenvalue weighted by Crippen LogP contribution is -2.43. The summed E-state index contributed by atoms with van der Waals surface area (Å²) in [6, 6.07) is 7.25. The minimum atomic E-state index is -1.29. The molecule has 0 bridgehead atoms. The molecule has 5 rings (SSSR count). The largest absolute Gasteiger partial charge is 0.493 e. The number of carboxylic acid groups (broad SMARTS) is 1. The van der Waals surface area contributed by atoms with E-state index in [-0.39, 0.29) is 24.7 Å². The third kappa shape index (κ3) is 8.24. The summed E-state index contributed by atoms with van der Waals surface area (Å²) < 4.78 is 14.7. The Kier molecular flexibility index (Phi) is 10.2. The van der Waals surface area contributed by atoms with E-state index in [4.69, 9.17) is 19.6 Å². The van der Waals surface area contributed by atoms with Crippen LogP contribution in [0.1, 0.15) is 79.9 Å². The van der Waals surface area contributed by atoms with E-state index in [0.29, 0.717) is 61.8 Å². The van der Waals surface area contributed by atoms with Gasteiger partial charge in [-0.05, 0) is 81.0 Å². The van der Waals surface area contributed by atoms with Crippen molar-refractivity contribution in [2.24, 2.45) is 5.92 Å². The molecular formula is C34H49N5O5Si. The first-order valence-corrected chi connectivity index (χ1v) is 20.1. The molecule has 1 aromatic carbocycles. The molecule has 3 aromatic rings. The molecule has 11 heteroatoms. The van der Waals surface area contributed by atoms with Crippen LogP contribution < -0.4 is 15.4 Å². The van der Waals surface area contributed by atoms with E-state index in [1.54, 1.807) is 6.33 Å². The maximum atomic E-state index is 14.0. The Morgan fingerprint density at radius 1 is 1.04 bits per heavy atom. The van der Waals surface area contributed by atoms with Gasteiger partial charge in [-0.25, -0.2) is 14.8 Å². The number of benzene rings is 1. The standard InChI is InChI=1S/C34H49N5O5Si/c1-21(2)24-9-14-28(44-18-23-7-8-23)27(17-24)30-32-31(36-19-35-30)29(22(3)39(32)20-43-15-16-45(4,5)6)33(40)37-25-10-12-26(13-11-25)38-34(41)42/h9,14,17,19,21,23,25-26,38H,7-8,10-13,15-16,18,20H2,1-6H3,(H,37,40)(H,41,42)/t25-,26+. The van der Waals surface area contributed by atoms with Crippen molar-refractivity contribution in [2.45, 2.75) is 110 Å². The van der Waals surface area contributed by atoms with Crippen LogP contribution in [0.3, 0.4) is 0 Å². The number of amides is 2. The zero-order valence-corrected chi connectivity index (χ0v) is 28.6. The average molecular weight is 636 g/mol. The molecule has 244 valence electrons. The molecule has 0 aliphatic heterocycles. The highest BCUT2D eigenvalue weighted by Gasteiger charge is 2.30. The number of hydrogen-bond donors (Lipinski definition) is 3. The van der Waals surface area contributed by atoms with Gasteiger partial charge in [-0.1, -0.05) is 39.6 Å². The zero-order chi connectivity index (χ0) is 32.3. The van der Waals surface area contributed by atoms with E-state index in [0.717, 1.165) is 34.3 Å². The molecule has 2 fully saturated rings. The van der Waals surface area contributed by atoms with E-state index in [2.05, 4.69) is 67.3 Å². The van der Waals surface area contributed by atoms with Crippen LogP contribution in [-0.4, -0.2) is 65.0 Å². The summed E-state index contributed by atoms with van der Waals surface area (Å²) in [5.41, 5.74) is 5.46. The van der Waals surface area contributed by atoms with Crippen molar-refractivity contribution in [3.05, 3.63) is 41.3 Å². The van der Waals surface area contributed by atoms with Crippen LogP contribution in [0.2, 0.25) is 25.7 Å². The second-order valence-corrected chi connectivity index (χ2v) is 19.9. The normalized spacial score (nSPS) is 18.7. The van der Waals surface area contributed by atoms with Crippen molar-refractivity contribution in [3.8, 4) is 17.0 Å². The molecule has 2 aliphatic carbocycles. The topological polar surface area (TPSA) is 128 Å². The van der Waals surface area contributed by atoms with Crippen LogP contribution in [0, 0.1) is 12.8 Å². The maximum Gasteiger partial charge on any atom is 0.404 e. The van der Waals surface area contributed by atoms with Crippen LogP contribution in [-0.2, 0) is 11.5 Å². The minimum absolute atomic E-state index is 0.0402. The molecule has 0 atom stereocenters. The van der Waals surface area contributed by atoms with E-state index in [1.807, 2.05) is 11.5 Å². The molecule has 0 saturated heterocycles. The molecule has 0 radical (unpaired) electrons. The summed E-state index contributed by atoms with van der Waals surface area (Å²) in [5.74, 6) is 1.52. The van der Waals surface area contributed by atoms with E-state index < -0.39 is 14.2 Å². The van der Waals surface area contributed by atoms with Gasteiger partial charge in [0.15, 0.2) is 0 Å². The van der Waals surface area contributed by atoms with Crippen LogP contribution in [0.4, 0.5) is 4.79 Å². The number of nitrogens with zero attached hydrogens (tertiary/aromatic N) is 3. The molecule has 2 aliphatic rings. The number of nitrogens with one attached hydrogen (secondary N) is 2. The fourth-order valence-electron chi connectivity index (χ4n) is 5.98. The van der Waals surface area contributed by atoms with Gasteiger partial charge in [0.05, 0.1) is 17.7 Å². The number of fused-ring (bicyclic) bond motifs is 1. The SMILES string of the molecule is Cc1c(C(=O)N[C@H]2CC[C@@H](NC(=O)O)CC2)c2ncnc(-c3cc(C(C)C)ccc3OCC3CC3)c2n1COCC[Si](C)(C)C. The number of ether oxygens (including phenoxy) is 2. The highest BCUT2D eigenvalue weighted by molar-refractivity contribution is 6.76. The van der Waals surface area contributed by atoms with Gasteiger partial charge in [-0.3, -0.25) is 4.79 Å². The van der Waals surface area contributed by atoms with E-state index >= 15 is 0 Å². The van der Waals surface area contributed by atoms with Crippen LogP contribution in [0.15, 0.2) is 24.5 Å². The minimum Gasteiger partial charge on any atom is -0.493 e. The Balaban J connectivity index is 1.52. The summed E-state index contributed by atoms with van der Waals surface area (Å²) in [7, 11) is -1.29. The van der Waals surface area contributed by atoms with E-state index in [1.165, 1.54) is 18.4 Å². The molecule has 10 nitrogen and oxygen atoms in total. The van der Waals surface area contributed by atoms with Crippen molar-refractivity contribution < 1.29 is 24.2 Å². The van der Waals surface area contributed by atoms with Gasteiger partial charge in [0.1, 0.15) is 30.0 Å². The molecule has 2 saturated carbocycles. The van der Waals surface area contributed by atoms with Gasteiger partial charge in [0, 0.05) is 38.0 Å². The smallest absolute Gasteiger partial charge is 0.404 e. The molecule has 0 spiro atoms. The highest BCUT2D eigenvalue weighted by atomic mass is 28.3. The summed E-state index contributed by atoms with van der Waals surface area (Å²) in [6.45, 7) is 14.9. The highest BCUT2D eigenvalue weighted by Crippen LogP contribution is 2.39. The monoisotopic (exact) mass is 635 g/mol. The van der Waals surface area contributed by atoms with Crippen molar-refractivity contribution in [1.82, 2.24) is 25.2 Å². The third-order valence-corrected chi connectivity index (χ3v) is 10.7. The maximum absolute atomic E-state index is 14.0. The molecule has 2 heterocycles. The van der Waals surface area contributed by atoms with Gasteiger partial charge in [0.25, 0.3) is 5.91 Å². The Labute approximate surface area is 267 Å². The average Bonchev–Trinajstić information content (AvgIpc) is 3.76. The van der Waals surface area contributed by atoms with E-state index in [9.17, 15) is 9.59 Å². The summed E-state index contributed by atoms with van der Waals surface area (Å²) in [5, 5.41) is 14.9. The lowest BCUT2D eigenvalue weighted by molar-refractivity contribution is 0.0877. The molecule has 2 amide bonds. The van der Waals surface area contributed by atoms with Gasteiger partial charge in [0.2, 0.25) is 0 Å². The third-order valence-electron chi connectivity index (χ3n) is 9.03. The van der Waals surface area contributed by atoms with Gasteiger partial charge in [-0.15, -0.1) is 0 Å². The zero-order valence-electron chi connectivity index (χ0n) is 27.6. The van der Waals surface area contributed by atoms with Crippen LogP contribution in [0.5, 0.6) is 5.75 Å². The summed E-state index contributed by atoms with van der Waals surface area (Å²) >= 11 is 0. The van der Waals surface area contributed by atoms with Gasteiger partial charge >= 0.3 is 6.09 Å². The lowest BCUT2D eigenvalue weighted by atomic mass is 9.91. The fraction of sp³-hybridized carbons (Fsp3) is 0.588. The lowest BCUT2D eigenvalue weighted by Gasteiger charge is -2.28. The number of aromatic nitrogens is 3. The number of carbonyl (C=O) groups is 2. The first-order valence-electron chi connectivity index (χ1n) is 16.4. The number of carbonyl (C=O) groups excluding carboxylic acids is 1. The van der Waals surface area contributed by atoms with Gasteiger partial charge in [-0.2, -0.15) is 0 Å². The second-order valence-electron chi connectivity index (χ2n) is 14.3. The van der Waals surface area contributed by atoms with Crippen molar-refractivity contribution >= 4 is 31.1 Å². The predicted molar refractivity (Wildman–Crippen MR) is 179 cm³/mol. The Morgan fingerprint density at radius 3 is 2.36 bits per heavy atom. The summed E-state index contributed by atoms with van der Waals surface area (Å²) in [6.07, 6.45) is 5.72.